The van der Waals surface area contributed by atoms with Gasteiger partial charge in [-0.05, 0) is 66.8 Å². The van der Waals surface area contributed by atoms with E-state index in [1.54, 1.807) is 0 Å². The first kappa shape index (κ1) is 25.8. The molecule has 0 amide bonds. The average molecular weight is 400 g/mol. The Balaban J connectivity index is 3.64. The Morgan fingerprint density at radius 2 is 1.43 bits per heavy atom. The molecule has 1 saturated heterocycles. The first-order chi connectivity index (χ1) is 13.1. The highest BCUT2D eigenvalue weighted by Gasteiger charge is 2.76. The largest absolute Gasteiger partial charge is 0.306 e. The molecule has 0 radical (unpaired) electrons. The first-order valence-corrected chi connectivity index (χ1v) is 11.3. The van der Waals surface area contributed by atoms with Crippen molar-refractivity contribution in [1.29, 1.82) is 0 Å². The number of hydrazine groups is 2. The van der Waals surface area contributed by atoms with Crippen molar-refractivity contribution < 1.29 is 0 Å². The predicted molar refractivity (Wildman–Crippen MR) is 121 cm³/mol. The van der Waals surface area contributed by atoms with Gasteiger partial charge in [-0.1, -0.05) is 34.6 Å². The average Bonchev–Trinajstić information content (AvgIpc) is 2.63. The van der Waals surface area contributed by atoms with Crippen LogP contribution in [0.15, 0.2) is 0 Å². The van der Waals surface area contributed by atoms with Crippen molar-refractivity contribution >= 4 is 0 Å². The second kappa shape index (κ2) is 10.2. The first-order valence-electron chi connectivity index (χ1n) is 11.3. The molecule has 3 N–H and O–H groups in total. The van der Waals surface area contributed by atoms with Crippen LogP contribution < -0.4 is 16.0 Å². The van der Waals surface area contributed by atoms with E-state index in [1.165, 1.54) is 0 Å². The number of nitrogens with one attached hydrogen (secondary N) is 3. The number of hydrogen-bond acceptors (Lipinski definition) is 7. The fraction of sp³-hybridized carbons (Fsp3) is 1.00. The molecule has 1 aliphatic heterocycles. The van der Waals surface area contributed by atoms with E-state index in [0.717, 1.165) is 38.9 Å². The number of likely N-dealkylation sites (N-methyl/N-ethyl adjacent to an activating group) is 2. The Morgan fingerprint density at radius 3 is 1.79 bits per heavy atom. The summed E-state index contributed by atoms with van der Waals surface area (Å²) >= 11 is 0. The molecule has 0 aromatic rings. The maximum atomic E-state index is 3.96. The number of nitrogens with zero attached hydrogens (tertiary/aromatic N) is 4. The summed E-state index contributed by atoms with van der Waals surface area (Å²) in [6, 6.07) is 0. The van der Waals surface area contributed by atoms with Crippen molar-refractivity contribution in [1.82, 2.24) is 36.0 Å². The van der Waals surface area contributed by atoms with Gasteiger partial charge in [-0.15, -0.1) is 0 Å². The van der Waals surface area contributed by atoms with Gasteiger partial charge in [0.2, 0.25) is 0 Å². The zero-order valence-electron chi connectivity index (χ0n) is 20.6. The van der Waals surface area contributed by atoms with Crippen molar-refractivity contribution in [2.75, 3.05) is 47.8 Å². The Morgan fingerprint density at radius 1 is 0.857 bits per heavy atom. The quantitative estimate of drug-likeness (QED) is 0.324. The van der Waals surface area contributed by atoms with Crippen LogP contribution in [-0.2, 0) is 0 Å². The van der Waals surface area contributed by atoms with E-state index in [2.05, 4.69) is 113 Å². The smallest absolute Gasteiger partial charge is 0.109 e. The Bertz CT molecular complexity index is 472. The lowest BCUT2D eigenvalue weighted by molar-refractivity contribution is -0.401. The van der Waals surface area contributed by atoms with E-state index in [1.807, 2.05) is 0 Å². The van der Waals surface area contributed by atoms with Gasteiger partial charge >= 0.3 is 0 Å². The molecule has 0 aliphatic carbocycles. The lowest BCUT2D eigenvalue weighted by Crippen LogP contribution is -3.02. The molecule has 0 aromatic heterocycles. The van der Waals surface area contributed by atoms with Gasteiger partial charge in [0, 0.05) is 14.1 Å². The molecular formula is C21H49N7. The van der Waals surface area contributed by atoms with Crippen molar-refractivity contribution in [2.24, 2.45) is 0 Å². The molecule has 168 valence electrons. The predicted octanol–water partition coefficient (Wildman–Crippen LogP) is 2.09. The summed E-state index contributed by atoms with van der Waals surface area (Å²) < 4.78 is 0. The summed E-state index contributed by atoms with van der Waals surface area (Å²) in [5, 5.41) is 18.9. The normalized spacial score (nSPS) is 32.4. The second-order valence-electron chi connectivity index (χ2n) is 8.73. The van der Waals surface area contributed by atoms with Gasteiger partial charge in [0.25, 0.3) is 0 Å². The van der Waals surface area contributed by atoms with Gasteiger partial charge in [-0.25, -0.2) is 5.01 Å². The van der Waals surface area contributed by atoms with Crippen molar-refractivity contribution in [3.05, 3.63) is 0 Å². The molecule has 1 heterocycles. The van der Waals surface area contributed by atoms with Crippen LogP contribution in [0.2, 0.25) is 0 Å². The highest BCUT2D eigenvalue weighted by atomic mass is 16.0. The van der Waals surface area contributed by atoms with E-state index in [9.17, 15) is 0 Å². The summed E-state index contributed by atoms with van der Waals surface area (Å²) in [5.41, 5.74) is -0.556. The van der Waals surface area contributed by atoms with Crippen molar-refractivity contribution in [2.45, 2.75) is 90.8 Å². The molecule has 0 spiro atoms. The molecule has 0 bridgehead atoms. The van der Waals surface area contributed by atoms with E-state index >= 15 is 0 Å². The topological polar surface area (TPSA) is 49.1 Å². The molecule has 4 unspecified atom stereocenters. The van der Waals surface area contributed by atoms with E-state index < -0.39 is 0 Å². The van der Waals surface area contributed by atoms with Crippen LogP contribution in [0.4, 0.5) is 0 Å². The second-order valence-corrected chi connectivity index (χ2v) is 8.73. The van der Waals surface area contributed by atoms with Gasteiger partial charge < -0.3 is 5.32 Å². The van der Waals surface area contributed by atoms with Gasteiger partial charge in [0.1, 0.15) is 11.3 Å². The zero-order valence-corrected chi connectivity index (χ0v) is 20.6. The summed E-state index contributed by atoms with van der Waals surface area (Å²) in [6.07, 6.45) is 3.43. The molecule has 1 fully saturated rings. The number of hydrogen-bond donors (Lipinski definition) is 3. The molecule has 0 saturated carbocycles. The lowest BCUT2D eigenvalue weighted by atomic mass is 9.63. The third-order valence-electron chi connectivity index (χ3n) is 6.66. The van der Waals surface area contributed by atoms with Gasteiger partial charge in [-0.2, -0.15) is 10.1 Å². The van der Waals surface area contributed by atoms with Gasteiger partial charge in [0.05, 0.1) is 11.7 Å². The summed E-state index contributed by atoms with van der Waals surface area (Å²) in [5.74, 6) is 0. The van der Waals surface area contributed by atoms with E-state index in [-0.39, 0.29) is 23.0 Å². The van der Waals surface area contributed by atoms with Gasteiger partial charge in [-0.3, -0.25) is 15.5 Å². The van der Waals surface area contributed by atoms with Crippen LogP contribution in [0, 0.1) is 0 Å². The molecule has 1 aliphatic rings. The monoisotopic (exact) mass is 399 g/mol. The minimum absolute atomic E-state index is 0.131. The highest BCUT2D eigenvalue weighted by molar-refractivity contribution is 5.28. The van der Waals surface area contributed by atoms with Crippen LogP contribution in [-0.4, -0.2) is 90.9 Å². The van der Waals surface area contributed by atoms with Crippen LogP contribution in [0.25, 0.3) is 0 Å². The molecule has 0 aromatic carbocycles. The van der Waals surface area contributed by atoms with Crippen LogP contribution in [0.1, 0.15) is 67.7 Å². The Kier molecular flexibility index (Phi) is 9.34. The minimum Gasteiger partial charge on any atom is -0.306 e. The highest BCUT2D eigenvalue weighted by Crippen LogP contribution is 2.53. The molecular weight excluding hydrogens is 350 g/mol. The van der Waals surface area contributed by atoms with Gasteiger partial charge in [0.15, 0.2) is 0 Å². The molecule has 28 heavy (non-hydrogen) atoms. The molecule has 7 heteroatoms. The zero-order chi connectivity index (χ0) is 21.8. The molecule has 7 nitrogen and oxygen atoms in total. The van der Waals surface area contributed by atoms with Crippen molar-refractivity contribution in [3.8, 4) is 0 Å². The Labute approximate surface area is 175 Å². The van der Waals surface area contributed by atoms with Crippen molar-refractivity contribution in [3.63, 3.8) is 0 Å². The standard InChI is InChI=1S/C21H49N7/c1-12-17-24-21(14-3)19(6,22-15-4)20(7,23-16-5)28(21)27(26(10)11)18(13-2)25(8)9/h18,22-24H,12-17H2,1-11H3. The lowest BCUT2D eigenvalue weighted by Gasteiger charge is -2.78. The van der Waals surface area contributed by atoms with Crippen LogP contribution in [0.3, 0.4) is 0 Å². The maximum absolute atomic E-state index is 3.96. The molecule has 1 rings (SSSR count). The number of rotatable bonds is 13. The van der Waals surface area contributed by atoms with E-state index in [0.29, 0.717) is 0 Å². The Hall–Kier alpha value is -0.280. The summed E-state index contributed by atoms with van der Waals surface area (Å²) in [7, 11) is 8.65. The maximum Gasteiger partial charge on any atom is 0.109 e. The molecule has 4 atom stereocenters. The van der Waals surface area contributed by atoms with Crippen LogP contribution in [0.5, 0.6) is 0 Å². The third-order valence-corrected chi connectivity index (χ3v) is 6.66. The summed E-state index contributed by atoms with van der Waals surface area (Å²) in [6.45, 7) is 18.8. The minimum atomic E-state index is -0.234. The van der Waals surface area contributed by atoms with Crippen LogP contribution >= 0.6 is 0 Å². The fourth-order valence-electron chi connectivity index (χ4n) is 5.33. The SMILES string of the molecule is CCCNC1(CC)N(N(C(CC)N(C)C)N(C)C)C(C)(NCC)C1(C)NCC. The fourth-order valence-corrected chi connectivity index (χ4v) is 5.33. The summed E-state index contributed by atoms with van der Waals surface area (Å²) in [4.78, 5) is 2.31. The van der Waals surface area contributed by atoms with E-state index in [4.69, 9.17) is 0 Å². The third kappa shape index (κ3) is 3.87.